The van der Waals surface area contributed by atoms with Gasteiger partial charge in [-0.1, -0.05) is 0 Å². The number of rotatable bonds is 3. The molecule has 0 aliphatic carbocycles. The number of thiazole rings is 1. The number of carbonyl (C=O) groups is 1. The van der Waals surface area contributed by atoms with Gasteiger partial charge < -0.3 is 5.11 Å². The second-order valence-corrected chi connectivity index (χ2v) is 5.57. The fourth-order valence-corrected chi connectivity index (χ4v) is 2.83. The first-order valence-corrected chi connectivity index (χ1v) is 6.33. The summed E-state index contributed by atoms with van der Waals surface area (Å²) in [4.78, 5) is 18.6. The number of likely N-dealkylation sites (tertiary alicyclic amines) is 1. The normalized spacial score (nSPS) is 18.8. The summed E-state index contributed by atoms with van der Waals surface area (Å²) in [6.07, 6.45) is 3.42. The van der Waals surface area contributed by atoms with Crippen LogP contribution < -0.4 is 0 Å². The summed E-state index contributed by atoms with van der Waals surface area (Å²) < 4.78 is 0. The van der Waals surface area contributed by atoms with Crippen molar-refractivity contribution >= 4 is 17.3 Å². The lowest BCUT2D eigenvalue weighted by atomic mass is 9.97. The molecule has 0 bridgehead atoms. The summed E-state index contributed by atoms with van der Waals surface area (Å²) >= 11 is 1.72. The Morgan fingerprint density at radius 3 is 2.81 bits per heavy atom. The predicted octanol–water partition coefficient (Wildman–Crippen LogP) is 1.75. The van der Waals surface area contributed by atoms with Gasteiger partial charge in [0.2, 0.25) is 0 Å². The number of hydrogen-bond donors (Lipinski definition) is 1. The number of carboxylic acid groups (broad SMARTS) is 1. The molecule has 2 rings (SSSR count). The Kier molecular flexibility index (Phi) is 3.56. The van der Waals surface area contributed by atoms with Crippen LogP contribution >= 0.6 is 11.3 Å². The van der Waals surface area contributed by atoms with E-state index in [1.807, 2.05) is 6.20 Å². The summed E-state index contributed by atoms with van der Waals surface area (Å²) in [5.41, 5.74) is 0. The van der Waals surface area contributed by atoms with Crippen molar-refractivity contribution in [3.05, 3.63) is 16.1 Å². The molecule has 1 fully saturated rings. The van der Waals surface area contributed by atoms with Gasteiger partial charge in [-0.15, -0.1) is 11.3 Å². The summed E-state index contributed by atoms with van der Waals surface area (Å²) in [5, 5.41) is 10.0. The number of nitrogens with zero attached hydrogens (tertiary/aromatic N) is 2. The average molecular weight is 240 g/mol. The molecule has 16 heavy (non-hydrogen) atoms. The van der Waals surface area contributed by atoms with Gasteiger partial charge in [-0.05, 0) is 32.9 Å². The Morgan fingerprint density at radius 2 is 2.31 bits per heavy atom. The van der Waals surface area contributed by atoms with Gasteiger partial charge in [-0.2, -0.15) is 0 Å². The molecule has 0 radical (unpaired) electrons. The zero-order valence-electron chi connectivity index (χ0n) is 9.35. The quantitative estimate of drug-likeness (QED) is 0.874. The smallest absolute Gasteiger partial charge is 0.306 e. The van der Waals surface area contributed by atoms with Crippen LogP contribution in [0.25, 0.3) is 0 Å². The lowest BCUT2D eigenvalue weighted by Gasteiger charge is -2.29. The largest absolute Gasteiger partial charge is 0.481 e. The first kappa shape index (κ1) is 11.5. The minimum atomic E-state index is -0.648. The third kappa shape index (κ3) is 2.80. The maximum Gasteiger partial charge on any atom is 0.306 e. The molecule has 1 aliphatic rings. The number of aryl methyl sites for hydroxylation is 1. The third-order valence-corrected chi connectivity index (χ3v) is 3.86. The van der Waals surface area contributed by atoms with Gasteiger partial charge in [0.25, 0.3) is 0 Å². The molecule has 0 spiro atoms. The molecule has 0 saturated carbocycles. The summed E-state index contributed by atoms with van der Waals surface area (Å²) in [6, 6.07) is 0. The molecule has 2 heterocycles. The molecule has 88 valence electrons. The highest BCUT2D eigenvalue weighted by molar-refractivity contribution is 7.11. The standard InChI is InChI=1S/C11H16N2O2S/c1-8-6-12-10(16-8)7-13-4-2-9(3-5-13)11(14)15/h6,9H,2-5,7H2,1H3,(H,14,15). The molecule has 1 N–H and O–H groups in total. The third-order valence-electron chi connectivity index (χ3n) is 2.96. The highest BCUT2D eigenvalue weighted by Crippen LogP contribution is 2.20. The van der Waals surface area contributed by atoms with Crippen molar-refractivity contribution in [3.63, 3.8) is 0 Å². The molecule has 0 amide bonds. The lowest BCUT2D eigenvalue weighted by Crippen LogP contribution is -2.35. The minimum absolute atomic E-state index is 0.144. The van der Waals surface area contributed by atoms with E-state index in [0.717, 1.165) is 37.5 Å². The van der Waals surface area contributed by atoms with E-state index in [1.165, 1.54) is 4.88 Å². The fraction of sp³-hybridized carbons (Fsp3) is 0.636. The van der Waals surface area contributed by atoms with Crippen LogP contribution in [0.1, 0.15) is 22.7 Å². The first-order valence-electron chi connectivity index (χ1n) is 5.51. The summed E-state index contributed by atoms with van der Waals surface area (Å²) in [5.74, 6) is -0.793. The highest BCUT2D eigenvalue weighted by atomic mass is 32.1. The van der Waals surface area contributed by atoms with E-state index in [-0.39, 0.29) is 5.92 Å². The van der Waals surface area contributed by atoms with E-state index < -0.39 is 5.97 Å². The molecule has 1 saturated heterocycles. The Balaban J connectivity index is 1.83. The lowest BCUT2D eigenvalue weighted by molar-refractivity contribution is -0.143. The van der Waals surface area contributed by atoms with Crippen molar-refractivity contribution in [2.24, 2.45) is 5.92 Å². The van der Waals surface area contributed by atoms with E-state index >= 15 is 0 Å². The van der Waals surface area contributed by atoms with Crippen molar-refractivity contribution in [1.82, 2.24) is 9.88 Å². The maximum absolute atomic E-state index is 10.8. The van der Waals surface area contributed by atoms with Gasteiger partial charge in [0.05, 0.1) is 12.5 Å². The van der Waals surface area contributed by atoms with Crippen LogP contribution in [0.2, 0.25) is 0 Å². The second kappa shape index (κ2) is 4.93. The predicted molar refractivity (Wildman–Crippen MR) is 62.5 cm³/mol. The van der Waals surface area contributed by atoms with Crippen LogP contribution in [0.3, 0.4) is 0 Å². The summed E-state index contributed by atoms with van der Waals surface area (Å²) in [6.45, 7) is 4.66. The zero-order valence-corrected chi connectivity index (χ0v) is 10.2. The molecular formula is C11H16N2O2S. The maximum atomic E-state index is 10.8. The summed E-state index contributed by atoms with van der Waals surface area (Å²) in [7, 11) is 0. The number of aliphatic carboxylic acids is 1. The van der Waals surface area contributed by atoms with Crippen LogP contribution in [0.4, 0.5) is 0 Å². The Bertz CT molecular complexity index is 370. The van der Waals surface area contributed by atoms with Crippen molar-refractivity contribution in [1.29, 1.82) is 0 Å². The molecule has 1 aliphatic heterocycles. The minimum Gasteiger partial charge on any atom is -0.481 e. The van der Waals surface area contributed by atoms with E-state index in [0.29, 0.717) is 0 Å². The van der Waals surface area contributed by atoms with Gasteiger partial charge in [0.15, 0.2) is 0 Å². The van der Waals surface area contributed by atoms with Crippen LogP contribution in [0, 0.1) is 12.8 Å². The molecule has 4 nitrogen and oxygen atoms in total. The van der Waals surface area contributed by atoms with Gasteiger partial charge in [0, 0.05) is 11.1 Å². The number of aromatic nitrogens is 1. The number of carboxylic acids is 1. The number of piperidine rings is 1. The molecule has 1 aromatic rings. The SMILES string of the molecule is Cc1cnc(CN2CCC(C(=O)O)CC2)s1. The first-order chi connectivity index (χ1) is 7.65. The van der Waals surface area contributed by atoms with Crippen molar-refractivity contribution < 1.29 is 9.90 Å². The molecule has 0 unspecified atom stereocenters. The number of hydrogen-bond acceptors (Lipinski definition) is 4. The van der Waals surface area contributed by atoms with Gasteiger partial charge in [0.1, 0.15) is 5.01 Å². The van der Waals surface area contributed by atoms with Gasteiger partial charge >= 0.3 is 5.97 Å². The fourth-order valence-electron chi connectivity index (χ4n) is 2.00. The van der Waals surface area contributed by atoms with Gasteiger partial charge in [-0.3, -0.25) is 9.69 Å². The van der Waals surface area contributed by atoms with E-state index in [4.69, 9.17) is 5.11 Å². The van der Waals surface area contributed by atoms with Crippen molar-refractivity contribution in [2.75, 3.05) is 13.1 Å². The molecule has 0 aromatic carbocycles. The molecule has 1 aromatic heterocycles. The van der Waals surface area contributed by atoms with Gasteiger partial charge in [-0.25, -0.2) is 4.98 Å². The monoisotopic (exact) mass is 240 g/mol. The Morgan fingerprint density at radius 1 is 1.62 bits per heavy atom. The van der Waals surface area contributed by atoms with Crippen LogP contribution in [0.15, 0.2) is 6.20 Å². The Hall–Kier alpha value is -0.940. The topological polar surface area (TPSA) is 53.4 Å². The van der Waals surface area contributed by atoms with E-state index in [2.05, 4.69) is 16.8 Å². The van der Waals surface area contributed by atoms with Crippen LogP contribution in [-0.4, -0.2) is 34.0 Å². The van der Waals surface area contributed by atoms with Crippen LogP contribution in [-0.2, 0) is 11.3 Å². The van der Waals surface area contributed by atoms with Crippen LogP contribution in [0.5, 0.6) is 0 Å². The molecular weight excluding hydrogens is 224 g/mol. The van der Waals surface area contributed by atoms with E-state index in [9.17, 15) is 4.79 Å². The zero-order chi connectivity index (χ0) is 11.5. The van der Waals surface area contributed by atoms with E-state index in [1.54, 1.807) is 11.3 Å². The average Bonchev–Trinajstić information content (AvgIpc) is 2.65. The Labute approximate surface area is 98.9 Å². The molecule has 0 atom stereocenters. The molecule has 5 heteroatoms. The second-order valence-electron chi connectivity index (χ2n) is 4.25. The van der Waals surface area contributed by atoms with Crippen molar-refractivity contribution in [2.45, 2.75) is 26.3 Å². The van der Waals surface area contributed by atoms with Crippen molar-refractivity contribution in [3.8, 4) is 0 Å². The highest BCUT2D eigenvalue weighted by Gasteiger charge is 2.24.